The molecular formula is C26H23FN2O6. The van der Waals surface area contributed by atoms with Crippen LogP contribution in [0, 0.1) is 11.7 Å². The van der Waals surface area contributed by atoms with Crippen molar-refractivity contribution in [3.8, 4) is 17.2 Å². The molecule has 3 aromatic carbocycles. The third kappa shape index (κ3) is 3.64. The van der Waals surface area contributed by atoms with Gasteiger partial charge in [-0.3, -0.25) is 14.4 Å². The molecule has 0 radical (unpaired) electrons. The largest absolute Gasteiger partial charge is 0.496 e. The predicted octanol–water partition coefficient (Wildman–Crippen LogP) is 3.90. The summed E-state index contributed by atoms with van der Waals surface area (Å²) in [6.07, 6.45) is -1.10. The quantitative estimate of drug-likeness (QED) is 0.498. The molecule has 0 aliphatic carbocycles. The number of hydrogen-bond donors (Lipinski definition) is 0. The number of hydroxylamine groups is 1. The van der Waals surface area contributed by atoms with Crippen molar-refractivity contribution in [3.63, 3.8) is 0 Å². The van der Waals surface area contributed by atoms with Gasteiger partial charge in [-0.05, 0) is 36.4 Å². The fraction of sp³-hybridized carbons (Fsp3) is 0.231. The number of imide groups is 1. The lowest BCUT2D eigenvalue weighted by Gasteiger charge is -2.30. The molecule has 0 saturated carbocycles. The summed E-state index contributed by atoms with van der Waals surface area (Å²) >= 11 is 0. The van der Waals surface area contributed by atoms with Crippen molar-refractivity contribution in [2.24, 2.45) is 5.92 Å². The summed E-state index contributed by atoms with van der Waals surface area (Å²) in [6.45, 7) is 0. The van der Waals surface area contributed by atoms with Crippen molar-refractivity contribution in [3.05, 3.63) is 78.1 Å². The molecule has 2 fully saturated rings. The molecule has 0 spiro atoms. The predicted molar refractivity (Wildman–Crippen MR) is 125 cm³/mol. The first-order valence-electron chi connectivity index (χ1n) is 10.9. The van der Waals surface area contributed by atoms with Crippen molar-refractivity contribution >= 4 is 23.2 Å². The van der Waals surface area contributed by atoms with E-state index in [0.29, 0.717) is 28.5 Å². The maximum absolute atomic E-state index is 13.9. The fourth-order valence-electron chi connectivity index (χ4n) is 4.68. The highest BCUT2D eigenvalue weighted by atomic mass is 19.1. The smallest absolute Gasteiger partial charge is 0.266 e. The van der Waals surface area contributed by atoms with Crippen molar-refractivity contribution in [1.29, 1.82) is 0 Å². The van der Waals surface area contributed by atoms with Gasteiger partial charge in [-0.25, -0.2) is 14.4 Å². The highest BCUT2D eigenvalue weighted by Crippen LogP contribution is 2.51. The standard InChI is InChI=1S/C26H23FN2O6/c1-32-19-14-21(34-3)20(33-2)13-18(19)23-22-24(35-29(23)16-9-5-4-6-10-16)26(31)28(25(22)30)17-11-7-8-15(27)12-17/h4-14,22-24H,1-3H3/t22-,23-,24-/m1/s1. The number of amides is 2. The number of carbonyl (C=O) groups excluding carboxylic acids is 2. The monoisotopic (exact) mass is 478 g/mol. The molecule has 2 saturated heterocycles. The molecule has 0 N–H and O–H groups in total. The Bertz CT molecular complexity index is 1280. The second kappa shape index (κ2) is 8.92. The van der Waals surface area contributed by atoms with E-state index in [0.717, 1.165) is 11.0 Å². The van der Waals surface area contributed by atoms with E-state index in [9.17, 15) is 14.0 Å². The van der Waals surface area contributed by atoms with E-state index in [-0.39, 0.29) is 5.69 Å². The van der Waals surface area contributed by atoms with Crippen LogP contribution in [0.25, 0.3) is 0 Å². The number of fused-ring (bicyclic) bond motifs is 1. The zero-order valence-electron chi connectivity index (χ0n) is 19.3. The van der Waals surface area contributed by atoms with Gasteiger partial charge in [0.05, 0.1) is 32.7 Å². The number of methoxy groups -OCH3 is 3. The molecule has 35 heavy (non-hydrogen) atoms. The third-order valence-electron chi connectivity index (χ3n) is 6.25. The molecule has 0 aromatic heterocycles. The Morgan fingerprint density at radius 1 is 0.771 bits per heavy atom. The number of para-hydroxylation sites is 1. The molecule has 9 heteroatoms. The van der Waals surface area contributed by atoms with Gasteiger partial charge >= 0.3 is 0 Å². The van der Waals surface area contributed by atoms with Crippen LogP contribution in [-0.2, 0) is 14.4 Å². The highest BCUT2D eigenvalue weighted by molar-refractivity contribution is 6.24. The average molecular weight is 478 g/mol. The Kier molecular flexibility index (Phi) is 5.78. The van der Waals surface area contributed by atoms with Crippen LogP contribution in [0.15, 0.2) is 66.7 Å². The Morgan fingerprint density at radius 2 is 1.43 bits per heavy atom. The summed E-state index contributed by atoms with van der Waals surface area (Å²) in [5.41, 5.74) is 1.38. The van der Waals surface area contributed by atoms with Crippen LogP contribution in [0.1, 0.15) is 11.6 Å². The van der Waals surface area contributed by atoms with E-state index < -0.39 is 35.7 Å². The van der Waals surface area contributed by atoms with Crippen molar-refractivity contribution in [2.45, 2.75) is 12.1 Å². The number of ether oxygens (including phenoxy) is 3. The van der Waals surface area contributed by atoms with Crippen molar-refractivity contribution in [2.75, 3.05) is 31.3 Å². The maximum Gasteiger partial charge on any atom is 0.266 e. The van der Waals surface area contributed by atoms with Gasteiger partial charge in [0.15, 0.2) is 17.6 Å². The third-order valence-corrected chi connectivity index (χ3v) is 6.25. The molecular weight excluding hydrogens is 455 g/mol. The van der Waals surface area contributed by atoms with Crippen LogP contribution >= 0.6 is 0 Å². The van der Waals surface area contributed by atoms with Gasteiger partial charge in [0.2, 0.25) is 5.91 Å². The average Bonchev–Trinajstić information content (AvgIpc) is 3.39. The Morgan fingerprint density at radius 3 is 2.09 bits per heavy atom. The van der Waals surface area contributed by atoms with Crippen LogP contribution < -0.4 is 24.2 Å². The van der Waals surface area contributed by atoms with Gasteiger partial charge in [-0.2, -0.15) is 0 Å². The molecule has 5 rings (SSSR count). The molecule has 2 aliphatic rings. The van der Waals surface area contributed by atoms with Crippen molar-refractivity contribution < 1.29 is 33.0 Å². The second-order valence-corrected chi connectivity index (χ2v) is 8.10. The lowest BCUT2D eigenvalue weighted by molar-refractivity contribution is -0.126. The lowest BCUT2D eigenvalue weighted by Crippen LogP contribution is -2.37. The van der Waals surface area contributed by atoms with Crippen LogP contribution in [0.5, 0.6) is 17.2 Å². The summed E-state index contributed by atoms with van der Waals surface area (Å²) in [7, 11) is 4.52. The summed E-state index contributed by atoms with van der Waals surface area (Å²) < 4.78 is 30.5. The highest BCUT2D eigenvalue weighted by Gasteiger charge is 2.61. The Balaban J connectivity index is 1.66. The minimum absolute atomic E-state index is 0.155. The number of carbonyl (C=O) groups is 2. The summed E-state index contributed by atoms with van der Waals surface area (Å²) in [6, 6.07) is 17.2. The molecule has 0 bridgehead atoms. The molecule has 180 valence electrons. The molecule has 2 heterocycles. The zero-order valence-corrected chi connectivity index (χ0v) is 19.3. The molecule has 3 aromatic rings. The topological polar surface area (TPSA) is 77.5 Å². The number of benzene rings is 3. The van der Waals surface area contributed by atoms with Crippen LogP contribution in [0.2, 0.25) is 0 Å². The summed E-state index contributed by atoms with van der Waals surface area (Å²) in [4.78, 5) is 34.2. The lowest BCUT2D eigenvalue weighted by atomic mass is 9.89. The molecule has 8 nitrogen and oxygen atoms in total. The molecule has 0 unspecified atom stereocenters. The van der Waals surface area contributed by atoms with Gasteiger partial charge in [0, 0.05) is 11.6 Å². The molecule has 2 amide bonds. The van der Waals surface area contributed by atoms with E-state index in [1.807, 2.05) is 30.3 Å². The SMILES string of the molecule is COc1cc(OC)c([C@@H]2[C@H]3C(=O)N(c4cccc(F)c4)C(=O)[C@@H]3ON2c2ccccc2)cc1OC. The fourth-order valence-corrected chi connectivity index (χ4v) is 4.68. The first-order chi connectivity index (χ1) is 17.0. The van der Waals surface area contributed by atoms with Gasteiger partial charge in [-0.15, -0.1) is 0 Å². The number of hydrogen-bond acceptors (Lipinski definition) is 7. The van der Waals surface area contributed by atoms with Gasteiger partial charge in [0.25, 0.3) is 5.91 Å². The van der Waals surface area contributed by atoms with E-state index >= 15 is 0 Å². The molecule has 3 atom stereocenters. The van der Waals surface area contributed by atoms with Crippen molar-refractivity contribution in [1.82, 2.24) is 0 Å². The first kappa shape index (κ1) is 22.7. The van der Waals surface area contributed by atoms with E-state index in [1.54, 1.807) is 17.2 Å². The van der Waals surface area contributed by atoms with Gasteiger partial charge < -0.3 is 14.2 Å². The number of halogens is 1. The number of anilines is 2. The minimum Gasteiger partial charge on any atom is -0.496 e. The number of rotatable bonds is 6. The van der Waals surface area contributed by atoms with Gasteiger partial charge in [0.1, 0.15) is 23.5 Å². The normalized spacial score (nSPS) is 21.3. The van der Waals surface area contributed by atoms with E-state index in [1.165, 1.54) is 39.5 Å². The van der Waals surface area contributed by atoms with E-state index in [4.69, 9.17) is 19.0 Å². The number of nitrogens with zero attached hydrogens (tertiary/aromatic N) is 2. The van der Waals surface area contributed by atoms with E-state index in [2.05, 4.69) is 0 Å². The summed E-state index contributed by atoms with van der Waals surface area (Å²) in [5.74, 6) is -1.21. The second-order valence-electron chi connectivity index (χ2n) is 8.10. The van der Waals surface area contributed by atoms with Crippen LogP contribution in [0.4, 0.5) is 15.8 Å². The van der Waals surface area contributed by atoms with Crippen LogP contribution in [-0.4, -0.2) is 39.2 Å². The Hall–Kier alpha value is -4.11. The van der Waals surface area contributed by atoms with Gasteiger partial charge in [-0.1, -0.05) is 24.3 Å². The molecule has 2 aliphatic heterocycles. The zero-order chi connectivity index (χ0) is 24.7. The Labute approximate surface area is 201 Å². The summed E-state index contributed by atoms with van der Waals surface area (Å²) in [5, 5.41) is 1.55. The maximum atomic E-state index is 13.9. The van der Waals surface area contributed by atoms with Crippen LogP contribution in [0.3, 0.4) is 0 Å². The first-order valence-corrected chi connectivity index (χ1v) is 10.9. The minimum atomic E-state index is -1.10.